The van der Waals surface area contributed by atoms with E-state index in [2.05, 4.69) is 9.97 Å². The van der Waals surface area contributed by atoms with Gasteiger partial charge in [0.15, 0.2) is 0 Å². The van der Waals surface area contributed by atoms with Gasteiger partial charge in [-0.2, -0.15) is 5.26 Å². The third-order valence-electron chi connectivity index (χ3n) is 3.84. The molecule has 1 atom stereocenters. The summed E-state index contributed by atoms with van der Waals surface area (Å²) in [6.07, 6.45) is 5.32. The molecule has 1 fully saturated rings. The molecular formula is C15H20N4O2. The molecule has 1 aromatic heterocycles. The summed E-state index contributed by atoms with van der Waals surface area (Å²) >= 11 is 0. The summed E-state index contributed by atoms with van der Waals surface area (Å²) in [7, 11) is 0. The van der Waals surface area contributed by atoms with Gasteiger partial charge >= 0.3 is 0 Å². The van der Waals surface area contributed by atoms with Gasteiger partial charge in [-0.1, -0.05) is 13.8 Å². The lowest BCUT2D eigenvalue weighted by Crippen LogP contribution is -2.35. The van der Waals surface area contributed by atoms with Crippen LogP contribution in [0.5, 0.6) is 5.88 Å². The number of aromatic nitrogens is 2. The van der Waals surface area contributed by atoms with Gasteiger partial charge < -0.3 is 9.64 Å². The number of ether oxygens (including phenoxy) is 1. The lowest BCUT2D eigenvalue weighted by Gasteiger charge is -2.21. The predicted molar refractivity (Wildman–Crippen MR) is 76.4 cm³/mol. The highest BCUT2D eigenvalue weighted by atomic mass is 16.5. The highest BCUT2D eigenvalue weighted by Crippen LogP contribution is 2.21. The number of hydrogen-bond donors (Lipinski definition) is 0. The average Bonchev–Trinajstić information content (AvgIpc) is 2.97. The van der Waals surface area contributed by atoms with Gasteiger partial charge in [0.05, 0.1) is 6.54 Å². The molecule has 2 heterocycles. The zero-order valence-electron chi connectivity index (χ0n) is 12.5. The van der Waals surface area contributed by atoms with Crippen molar-refractivity contribution in [3.8, 4) is 11.9 Å². The zero-order chi connectivity index (χ0) is 15.2. The van der Waals surface area contributed by atoms with Gasteiger partial charge in [-0.15, -0.1) is 0 Å². The molecule has 2 rings (SSSR count). The molecule has 6 heteroatoms. The quantitative estimate of drug-likeness (QED) is 0.825. The molecular weight excluding hydrogens is 268 g/mol. The molecule has 1 unspecified atom stereocenters. The van der Waals surface area contributed by atoms with Crippen LogP contribution in [0.15, 0.2) is 12.4 Å². The van der Waals surface area contributed by atoms with E-state index < -0.39 is 0 Å². The molecule has 0 aromatic carbocycles. The van der Waals surface area contributed by atoms with Crippen LogP contribution in [-0.2, 0) is 4.79 Å². The number of carbonyl (C=O) groups excluding carboxylic acids is 1. The third kappa shape index (κ3) is 3.48. The topological polar surface area (TPSA) is 79.1 Å². The highest BCUT2D eigenvalue weighted by molar-refractivity contribution is 5.79. The first-order chi connectivity index (χ1) is 10.2. The van der Waals surface area contributed by atoms with E-state index in [4.69, 9.17) is 10.00 Å². The smallest absolute Gasteiger partial charge is 0.251 e. The molecule has 1 saturated heterocycles. The van der Waals surface area contributed by atoms with Gasteiger partial charge in [0.25, 0.3) is 5.88 Å². The normalized spacial score (nSPS) is 17.8. The van der Waals surface area contributed by atoms with E-state index in [9.17, 15) is 4.79 Å². The summed E-state index contributed by atoms with van der Waals surface area (Å²) in [6, 6.07) is 1.96. The van der Waals surface area contributed by atoms with Gasteiger partial charge in [0.1, 0.15) is 12.2 Å². The van der Waals surface area contributed by atoms with Crippen LogP contribution in [0.1, 0.15) is 38.8 Å². The molecule has 112 valence electrons. The van der Waals surface area contributed by atoms with E-state index >= 15 is 0 Å². The molecule has 0 spiro atoms. The van der Waals surface area contributed by atoms with E-state index in [1.54, 1.807) is 0 Å². The zero-order valence-corrected chi connectivity index (χ0v) is 12.5. The Bertz CT molecular complexity index is 537. The molecule has 21 heavy (non-hydrogen) atoms. The third-order valence-corrected chi connectivity index (χ3v) is 3.84. The van der Waals surface area contributed by atoms with Crippen molar-refractivity contribution < 1.29 is 9.53 Å². The first-order valence-electron chi connectivity index (χ1n) is 7.36. The average molecular weight is 288 g/mol. The van der Waals surface area contributed by atoms with Crippen molar-refractivity contribution >= 4 is 5.91 Å². The molecule has 0 aliphatic carbocycles. The number of nitrogens with zero attached hydrogens (tertiary/aromatic N) is 4. The summed E-state index contributed by atoms with van der Waals surface area (Å²) in [5.74, 6) is 0.544. The molecule has 1 aliphatic heterocycles. The van der Waals surface area contributed by atoms with Crippen molar-refractivity contribution in [2.75, 3.05) is 13.1 Å². The summed E-state index contributed by atoms with van der Waals surface area (Å²) in [4.78, 5) is 22.1. The van der Waals surface area contributed by atoms with E-state index in [1.807, 2.05) is 24.8 Å². The molecule has 1 aromatic rings. The van der Waals surface area contributed by atoms with Crippen LogP contribution in [0, 0.1) is 17.2 Å². The van der Waals surface area contributed by atoms with E-state index in [0.717, 1.165) is 19.3 Å². The summed E-state index contributed by atoms with van der Waals surface area (Å²) < 4.78 is 5.73. The van der Waals surface area contributed by atoms with Gasteiger partial charge in [-0.3, -0.25) is 4.79 Å². The van der Waals surface area contributed by atoms with Gasteiger partial charge in [-0.05, 0) is 12.8 Å². The lowest BCUT2D eigenvalue weighted by molar-refractivity contribution is -0.134. The van der Waals surface area contributed by atoms with Crippen LogP contribution in [0.3, 0.4) is 0 Å². The van der Waals surface area contributed by atoms with Crippen molar-refractivity contribution in [3.05, 3.63) is 18.1 Å². The largest absolute Gasteiger partial charge is 0.470 e. The number of rotatable bonds is 5. The maximum Gasteiger partial charge on any atom is 0.251 e. The van der Waals surface area contributed by atoms with Crippen molar-refractivity contribution in [2.45, 2.75) is 39.2 Å². The van der Waals surface area contributed by atoms with E-state index in [1.165, 1.54) is 12.4 Å². The second-order valence-electron chi connectivity index (χ2n) is 5.15. The Morgan fingerprint density at radius 2 is 2.19 bits per heavy atom. The number of hydrogen-bond acceptors (Lipinski definition) is 5. The second-order valence-corrected chi connectivity index (χ2v) is 5.15. The van der Waals surface area contributed by atoms with E-state index in [-0.39, 0.29) is 29.5 Å². The van der Waals surface area contributed by atoms with Crippen LogP contribution < -0.4 is 4.74 Å². The Morgan fingerprint density at radius 1 is 1.48 bits per heavy atom. The standard InChI is InChI=1S/C15H20N4O2/c1-3-11(4-2)15(20)19-8-5-12(10-19)21-14-13(9-16)17-6-7-18-14/h6-7,11-12H,3-5,8,10H2,1-2H3. The van der Waals surface area contributed by atoms with Crippen LogP contribution in [0.2, 0.25) is 0 Å². The predicted octanol–water partition coefficient (Wildman–Crippen LogP) is 1.76. The minimum absolute atomic E-state index is 0.0925. The van der Waals surface area contributed by atoms with Crippen LogP contribution in [-0.4, -0.2) is 40.0 Å². The van der Waals surface area contributed by atoms with Crippen molar-refractivity contribution in [1.29, 1.82) is 5.26 Å². The first kappa shape index (κ1) is 15.2. The molecule has 0 N–H and O–H groups in total. The van der Waals surface area contributed by atoms with Crippen molar-refractivity contribution in [1.82, 2.24) is 14.9 Å². The molecule has 6 nitrogen and oxygen atoms in total. The minimum atomic E-state index is -0.118. The number of carbonyl (C=O) groups is 1. The fourth-order valence-corrected chi connectivity index (χ4v) is 2.57. The Morgan fingerprint density at radius 3 is 2.86 bits per heavy atom. The SMILES string of the molecule is CCC(CC)C(=O)N1CCC(Oc2nccnc2C#N)C1. The van der Waals surface area contributed by atoms with Gasteiger partial charge in [0.2, 0.25) is 11.6 Å². The van der Waals surface area contributed by atoms with Crippen molar-refractivity contribution in [2.24, 2.45) is 5.92 Å². The van der Waals surface area contributed by atoms with Crippen LogP contribution >= 0.6 is 0 Å². The Balaban J connectivity index is 1.97. The first-order valence-corrected chi connectivity index (χ1v) is 7.36. The van der Waals surface area contributed by atoms with Gasteiger partial charge in [-0.25, -0.2) is 9.97 Å². The lowest BCUT2D eigenvalue weighted by atomic mass is 10.0. The fraction of sp³-hybridized carbons (Fsp3) is 0.600. The summed E-state index contributed by atoms with van der Waals surface area (Å²) in [5.41, 5.74) is 0.183. The second kappa shape index (κ2) is 7.02. The number of amides is 1. The molecule has 0 bridgehead atoms. The monoisotopic (exact) mass is 288 g/mol. The maximum absolute atomic E-state index is 12.3. The molecule has 1 amide bonds. The molecule has 0 radical (unpaired) electrons. The number of likely N-dealkylation sites (tertiary alicyclic amines) is 1. The van der Waals surface area contributed by atoms with Gasteiger partial charge in [0, 0.05) is 31.3 Å². The van der Waals surface area contributed by atoms with Crippen LogP contribution in [0.25, 0.3) is 0 Å². The number of nitriles is 1. The summed E-state index contributed by atoms with van der Waals surface area (Å²) in [5, 5.41) is 8.97. The Hall–Kier alpha value is -2.16. The maximum atomic E-state index is 12.3. The Labute approximate surface area is 124 Å². The summed E-state index contributed by atoms with van der Waals surface area (Å²) in [6.45, 7) is 5.32. The fourth-order valence-electron chi connectivity index (χ4n) is 2.57. The van der Waals surface area contributed by atoms with Crippen LogP contribution in [0.4, 0.5) is 0 Å². The van der Waals surface area contributed by atoms with E-state index in [0.29, 0.717) is 13.1 Å². The minimum Gasteiger partial charge on any atom is -0.470 e. The molecule has 1 aliphatic rings. The highest BCUT2D eigenvalue weighted by Gasteiger charge is 2.31. The molecule has 0 saturated carbocycles. The van der Waals surface area contributed by atoms with Crippen molar-refractivity contribution in [3.63, 3.8) is 0 Å². The Kier molecular flexibility index (Phi) is 5.09.